The lowest BCUT2D eigenvalue weighted by molar-refractivity contribution is 0.120. The summed E-state index contributed by atoms with van der Waals surface area (Å²) in [6.07, 6.45) is 2.57. The predicted molar refractivity (Wildman–Crippen MR) is 57.1 cm³/mol. The van der Waals surface area contributed by atoms with E-state index in [-0.39, 0.29) is 5.82 Å². The summed E-state index contributed by atoms with van der Waals surface area (Å²) in [6.45, 7) is 0.448. The van der Waals surface area contributed by atoms with Crippen molar-refractivity contribution in [1.29, 1.82) is 0 Å². The maximum atomic E-state index is 13.6. The maximum absolute atomic E-state index is 13.6. The first kappa shape index (κ1) is 10.6. The molecule has 2 N–H and O–H groups in total. The van der Waals surface area contributed by atoms with E-state index in [2.05, 4.69) is 0 Å². The van der Waals surface area contributed by atoms with Crippen LogP contribution in [0.25, 0.3) is 0 Å². The molecule has 15 heavy (non-hydrogen) atoms. The van der Waals surface area contributed by atoms with Crippen molar-refractivity contribution in [3.8, 4) is 0 Å². The quantitative estimate of drug-likeness (QED) is 0.808. The summed E-state index contributed by atoms with van der Waals surface area (Å²) < 4.78 is 18.7. The zero-order valence-corrected chi connectivity index (χ0v) is 8.92. The molecule has 1 atom stereocenters. The van der Waals surface area contributed by atoms with Crippen LogP contribution in [0.1, 0.15) is 24.0 Å². The number of methoxy groups -OCH3 is 1. The third-order valence-corrected chi connectivity index (χ3v) is 3.11. The summed E-state index contributed by atoms with van der Waals surface area (Å²) in [5, 5.41) is 0. The third-order valence-electron chi connectivity index (χ3n) is 3.11. The Labute approximate surface area is 89.2 Å². The van der Waals surface area contributed by atoms with Crippen molar-refractivity contribution in [2.45, 2.75) is 24.8 Å². The van der Waals surface area contributed by atoms with Crippen molar-refractivity contribution in [3.63, 3.8) is 0 Å². The smallest absolute Gasteiger partial charge is 0.126 e. The van der Waals surface area contributed by atoms with Gasteiger partial charge in [-0.3, -0.25) is 0 Å². The van der Waals surface area contributed by atoms with Crippen LogP contribution in [-0.4, -0.2) is 13.7 Å². The molecule has 1 aromatic rings. The van der Waals surface area contributed by atoms with Crippen molar-refractivity contribution in [2.24, 2.45) is 5.73 Å². The fraction of sp³-hybridized carbons (Fsp3) is 0.500. The van der Waals surface area contributed by atoms with Crippen molar-refractivity contribution < 1.29 is 9.13 Å². The van der Waals surface area contributed by atoms with Gasteiger partial charge >= 0.3 is 0 Å². The SMILES string of the molecule is COCC1(N)CCCc2c(F)cccc21. The number of nitrogens with two attached hydrogens (primary N) is 1. The van der Waals surface area contributed by atoms with Gasteiger partial charge in [-0.2, -0.15) is 0 Å². The normalized spacial score (nSPS) is 25.0. The van der Waals surface area contributed by atoms with Crippen molar-refractivity contribution in [1.82, 2.24) is 0 Å². The highest BCUT2D eigenvalue weighted by Gasteiger charge is 2.33. The number of hydrogen-bond acceptors (Lipinski definition) is 2. The van der Waals surface area contributed by atoms with E-state index in [9.17, 15) is 4.39 Å². The Morgan fingerprint density at radius 3 is 3.07 bits per heavy atom. The van der Waals surface area contributed by atoms with Gasteiger partial charge in [0.05, 0.1) is 12.1 Å². The van der Waals surface area contributed by atoms with E-state index in [0.717, 1.165) is 30.4 Å². The van der Waals surface area contributed by atoms with E-state index in [1.165, 1.54) is 6.07 Å². The molecule has 1 aromatic carbocycles. The summed E-state index contributed by atoms with van der Waals surface area (Å²) in [5.41, 5.74) is 7.43. The highest BCUT2D eigenvalue weighted by molar-refractivity contribution is 5.37. The number of ether oxygens (including phenoxy) is 1. The predicted octanol–water partition coefficient (Wildman–Crippen LogP) is 1.96. The molecule has 0 heterocycles. The molecule has 0 bridgehead atoms. The average Bonchev–Trinajstić information content (AvgIpc) is 2.20. The zero-order valence-electron chi connectivity index (χ0n) is 8.92. The van der Waals surface area contributed by atoms with Gasteiger partial charge in [0.15, 0.2) is 0 Å². The molecule has 0 aliphatic heterocycles. The molecular formula is C12H16FNO. The molecule has 0 fully saturated rings. The van der Waals surface area contributed by atoms with E-state index in [0.29, 0.717) is 6.61 Å². The summed E-state index contributed by atoms with van der Waals surface area (Å²) in [5.74, 6) is -0.141. The summed E-state index contributed by atoms with van der Waals surface area (Å²) >= 11 is 0. The first-order valence-corrected chi connectivity index (χ1v) is 5.23. The molecule has 1 aliphatic carbocycles. The van der Waals surface area contributed by atoms with Gasteiger partial charge in [0.25, 0.3) is 0 Å². The second kappa shape index (κ2) is 3.91. The van der Waals surface area contributed by atoms with Crippen molar-refractivity contribution >= 4 is 0 Å². The van der Waals surface area contributed by atoms with E-state index in [4.69, 9.17) is 10.5 Å². The molecule has 1 unspecified atom stereocenters. The van der Waals surface area contributed by atoms with Crippen LogP contribution in [0.15, 0.2) is 18.2 Å². The average molecular weight is 209 g/mol. The molecule has 0 amide bonds. The van der Waals surface area contributed by atoms with E-state index in [1.54, 1.807) is 13.2 Å². The molecule has 1 aliphatic rings. The standard InChI is InChI=1S/C12H16FNO/c1-15-8-12(14)7-3-4-9-10(12)5-2-6-11(9)13/h2,5-6H,3-4,7-8,14H2,1H3. The highest BCUT2D eigenvalue weighted by atomic mass is 19.1. The Kier molecular flexibility index (Phi) is 2.76. The lowest BCUT2D eigenvalue weighted by Gasteiger charge is -2.35. The van der Waals surface area contributed by atoms with Crippen LogP contribution in [0, 0.1) is 5.82 Å². The van der Waals surface area contributed by atoms with Gasteiger partial charge in [-0.15, -0.1) is 0 Å². The van der Waals surface area contributed by atoms with Crippen LogP contribution in [0.4, 0.5) is 4.39 Å². The van der Waals surface area contributed by atoms with Crippen molar-refractivity contribution in [3.05, 3.63) is 35.1 Å². The van der Waals surface area contributed by atoms with Crippen LogP contribution in [0.3, 0.4) is 0 Å². The largest absolute Gasteiger partial charge is 0.382 e. The first-order chi connectivity index (χ1) is 7.17. The van der Waals surface area contributed by atoms with Crippen LogP contribution < -0.4 is 5.73 Å². The van der Waals surface area contributed by atoms with Crippen LogP contribution in [0.5, 0.6) is 0 Å². The topological polar surface area (TPSA) is 35.2 Å². The molecule has 2 nitrogen and oxygen atoms in total. The van der Waals surface area contributed by atoms with Crippen LogP contribution in [-0.2, 0) is 16.7 Å². The fourth-order valence-corrected chi connectivity index (χ4v) is 2.40. The summed E-state index contributed by atoms with van der Waals surface area (Å²) in [4.78, 5) is 0. The molecule has 82 valence electrons. The zero-order chi connectivity index (χ0) is 10.9. The minimum Gasteiger partial charge on any atom is -0.382 e. The van der Waals surface area contributed by atoms with Gasteiger partial charge in [-0.25, -0.2) is 4.39 Å². The van der Waals surface area contributed by atoms with E-state index in [1.807, 2.05) is 6.07 Å². The Bertz CT molecular complexity index is 367. The molecule has 0 saturated heterocycles. The Morgan fingerprint density at radius 2 is 2.33 bits per heavy atom. The van der Waals surface area contributed by atoms with Gasteiger partial charge < -0.3 is 10.5 Å². The van der Waals surface area contributed by atoms with E-state index >= 15 is 0 Å². The number of hydrogen-bond donors (Lipinski definition) is 1. The molecular weight excluding hydrogens is 193 g/mol. The maximum Gasteiger partial charge on any atom is 0.126 e. The highest BCUT2D eigenvalue weighted by Crippen LogP contribution is 2.34. The molecule has 0 spiro atoms. The number of halogens is 1. The molecule has 3 heteroatoms. The lowest BCUT2D eigenvalue weighted by atomic mass is 9.77. The molecule has 0 radical (unpaired) electrons. The van der Waals surface area contributed by atoms with Gasteiger partial charge in [0.1, 0.15) is 5.82 Å². The third kappa shape index (κ3) is 1.77. The first-order valence-electron chi connectivity index (χ1n) is 5.23. The second-order valence-electron chi connectivity index (χ2n) is 4.21. The van der Waals surface area contributed by atoms with Gasteiger partial charge in [-0.05, 0) is 36.5 Å². The van der Waals surface area contributed by atoms with Gasteiger partial charge in [0.2, 0.25) is 0 Å². The second-order valence-corrected chi connectivity index (χ2v) is 4.21. The Morgan fingerprint density at radius 1 is 1.53 bits per heavy atom. The summed E-state index contributed by atoms with van der Waals surface area (Å²) in [6, 6.07) is 5.13. The van der Waals surface area contributed by atoms with Crippen LogP contribution in [0.2, 0.25) is 0 Å². The van der Waals surface area contributed by atoms with Gasteiger partial charge in [0, 0.05) is 7.11 Å². The lowest BCUT2D eigenvalue weighted by Crippen LogP contribution is -2.44. The van der Waals surface area contributed by atoms with E-state index < -0.39 is 5.54 Å². The van der Waals surface area contributed by atoms with Gasteiger partial charge in [-0.1, -0.05) is 12.1 Å². The fourth-order valence-electron chi connectivity index (χ4n) is 2.40. The number of benzene rings is 1. The molecule has 2 rings (SSSR count). The van der Waals surface area contributed by atoms with Crippen LogP contribution >= 0.6 is 0 Å². The summed E-state index contributed by atoms with van der Waals surface area (Å²) in [7, 11) is 1.63. The minimum absolute atomic E-state index is 0.141. The van der Waals surface area contributed by atoms with Crippen molar-refractivity contribution in [2.75, 3.05) is 13.7 Å². The Hall–Kier alpha value is -0.930. The molecule has 0 saturated carbocycles. The number of rotatable bonds is 2. The Balaban J connectivity index is 2.46. The molecule has 0 aromatic heterocycles. The monoisotopic (exact) mass is 209 g/mol. The minimum atomic E-state index is -0.509. The number of fused-ring (bicyclic) bond motifs is 1.